The third-order valence-electron chi connectivity index (χ3n) is 7.33. The van der Waals surface area contributed by atoms with E-state index >= 15 is 0 Å². The third-order valence-corrected chi connectivity index (χ3v) is 7.33. The molecule has 9 heteroatoms. The van der Waals surface area contributed by atoms with Gasteiger partial charge >= 0.3 is 17.1 Å². The summed E-state index contributed by atoms with van der Waals surface area (Å²) in [4.78, 5) is 39.3. The second kappa shape index (κ2) is 11.1. The maximum Gasteiger partial charge on any atom is 2.00 e. The maximum absolute atomic E-state index is 4.95. The van der Waals surface area contributed by atoms with Crippen molar-refractivity contribution in [3.05, 3.63) is 97.1 Å². The van der Waals surface area contributed by atoms with E-state index in [4.69, 9.17) is 39.9 Å². The predicted molar refractivity (Wildman–Crippen MR) is 170 cm³/mol. The summed E-state index contributed by atoms with van der Waals surface area (Å²) in [6.45, 7) is 4.25. The van der Waals surface area contributed by atoms with Gasteiger partial charge in [0.1, 0.15) is 0 Å². The molecule has 0 amide bonds. The van der Waals surface area contributed by atoms with Crippen LogP contribution < -0.4 is 9.97 Å². The number of hydrogen-bond donors (Lipinski definition) is 0. The fraction of sp³-hybridized carbons (Fsp3) is 0.0857. The Labute approximate surface area is 263 Å². The first-order valence-electron chi connectivity index (χ1n) is 14.3. The number of nitrogens with zero attached hydrogens (tertiary/aromatic N) is 8. The van der Waals surface area contributed by atoms with Crippen molar-refractivity contribution in [2.75, 3.05) is 0 Å². The third kappa shape index (κ3) is 4.45. The van der Waals surface area contributed by atoms with Gasteiger partial charge in [0.15, 0.2) is 0 Å². The van der Waals surface area contributed by atoms with Gasteiger partial charge in [-0.25, -0.2) is 9.97 Å². The van der Waals surface area contributed by atoms with Crippen molar-refractivity contribution in [1.82, 2.24) is 39.9 Å². The molecule has 4 aromatic carbocycles. The molecule has 0 saturated carbocycles. The minimum absolute atomic E-state index is 0. The molecule has 0 unspecified atom stereocenters. The molecule has 0 aliphatic carbocycles. The van der Waals surface area contributed by atoms with Gasteiger partial charge in [-0.15, -0.1) is 0 Å². The smallest absolute Gasteiger partial charge is 0.357 e. The van der Waals surface area contributed by atoms with Gasteiger partial charge in [-0.3, -0.25) is 0 Å². The molecular formula is C35H24CuN8. The van der Waals surface area contributed by atoms with Gasteiger partial charge in [-0.1, -0.05) is 117 Å². The van der Waals surface area contributed by atoms with Crippen LogP contribution in [0.4, 0.5) is 0 Å². The molecule has 8 nitrogen and oxygen atoms in total. The fourth-order valence-corrected chi connectivity index (χ4v) is 5.46. The Kier molecular flexibility index (Phi) is 6.97. The largest absolute Gasteiger partial charge is 2.00 e. The molecule has 2 aliphatic rings. The molecule has 3 aromatic heterocycles. The average Bonchev–Trinajstić information content (AvgIpc) is 3.77. The van der Waals surface area contributed by atoms with E-state index in [1.807, 2.05) is 97.1 Å². The summed E-state index contributed by atoms with van der Waals surface area (Å²) in [5.41, 5.74) is 5.78. The first kappa shape index (κ1) is 27.6. The van der Waals surface area contributed by atoms with Crippen molar-refractivity contribution in [3.8, 4) is 45.6 Å². The molecule has 1 radical (unpaired) electrons. The van der Waals surface area contributed by atoms with Crippen LogP contribution in [0.15, 0.2) is 97.1 Å². The van der Waals surface area contributed by atoms with Crippen LogP contribution in [0.1, 0.15) is 20.3 Å². The molecule has 0 N–H and O–H groups in total. The Balaban J connectivity index is 0.000000753. The predicted octanol–water partition coefficient (Wildman–Crippen LogP) is 7.54. The number of aromatic nitrogens is 8. The number of benzene rings is 4. The van der Waals surface area contributed by atoms with Gasteiger partial charge in [0, 0.05) is 44.8 Å². The SMILES string of the molecule is CCC.[Cu+2].c1ccc2c(c1)-c1nc-2nc2[n-]c(nc3nc(nc4[n-]c(n1)c1ccccc41)-c1ccccc1-3)c1ccccc21. The molecule has 8 bridgehead atoms. The van der Waals surface area contributed by atoms with Crippen LogP contribution in [0.3, 0.4) is 0 Å². The summed E-state index contributed by atoms with van der Waals surface area (Å²) in [6.07, 6.45) is 1.25. The van der Waals surface area contributed by atoms with Gasteiger partial charge in [0.2, 0.25) is 0 Å². The van der Waals surface area contributed by atoms with E-state index < -0.39 is 0 Å². The summed E-state index contributed by atoms with van der Waals surface area (Å²) >= 11 is 0. The summed E-state index contributed by atoms with van der Waals surface area (Å²) in [6, 6.07) is 31.8. The van der Waals surface area contributed by atoms with Crippen molar-refractivity contribution in [2.45, 2.75) is 20.3 Å². The van der Waals surface area contributed by atoms with Crippen LogP contribution in [-0.2, 0) is 17.1 Å². The van der Waals surface area contributed by atoms with E-state index in [0.29, 0.717) is 45.9 Å². The first-order valence-corrected chi connectivity index (χ1v) is 14.3. The summed E-state index contributed by atoms with van der Waals surface area (Å²) in [5, 5.41) is 3.57. The Hall–Kier alpha value is -5.24. The quantitative estimate of drug-likeness (QED) is 0.160. The molecule has 9 rings (SSSR count). The molecule has 0 spiro atoms. The van der Waals surface area contributed by atoms with Crippen LogP contribution in [0.2, 0.25) is 0 Å². The van der Waals surface area contributed by atoms with Gasteiger partial charge in [-0.05, 0) is 21.5 Å². The number of fused-ring (bicyclic) bond motifs is 20. The Morgan fingerprint density at radius 3 is 0.864 bits per heavy atom. The normalized spacial score (nSPS) is 11.3. The molecule has 0 fully saturated rings. The zero-order chi connectivity index (χ0) is 28.9. The van der Waals surface area contributed by atoms with E-state index in [2.05, 4.69) is 13.8 Å². The van der Waals surface area contributed by atoms with Crippen molar-refractivity contribution < 1.29 is 17.1 Å². The van der Waals surface area contributed by atoms with Crippen LogP contribution in [0.5, 0.6) is 0 Å². The van der Waals surface area contributed by atoms with Crippen LogP contribution >= 0.6 is 0 Å². The van der Waals surface area contributed by atoms with Crippen molar-refractivity contribution >= 4 is 44.1 Å². The fourth-order valence-electron chi connectivity index (χ4n) is 5.46. The molecule has 7 aromatic rings. The van der Waals surface area contributed by atoms with Gasteiger partial charge < -0.3 is 29.9 Å². The topological polar surface area (TPSA) is 106 Å². The van der Waals surface area contributed by atoms with Crippen molar-refractivity contribution in [1.29, 1.82) is 0 Å². The molecule has 0 atom stereocenters. The zero-order valence-corrected chi connectivity index (χ0v) is 24.8. The van der Waals surface area contributed by atoms with E-state index in [1.165, 1.54) is 6.42 Å². The Bertz CT molecular complexity index is 2050. The summed E-state index contributed by atoms with van der Waals surface area (Å²) < 4.78 is 0. The molecule has 0 saturated heterocycles. The Morgan fingerprint density at radius 1 is 0.386 bits per heavy atom. The van der Waals surface area contributed by atoms with Crippen molar-refractivity contribution in [3.63, 3.8) is 0 Å². The molecule has 2 aliphatic heterocycles. The first-order chi connectivity index (χ1) is 21.2. The second-order valence-corrected chi connectivity index (χ2v) is 10.4. The standard InChI is InChI=1S/C32H16N8.C3H8.Cu/c1-2-10-18-17(9-1)25-33-26(18)38-28-21-13-5-6-14-22(21)30(35-28)40-32-24-16-8-7-15-23(24)31(36-32)39-29-20-12-4-3-11-19(20)27(34-29)37-25;1-3-2;/h1-16H;3H2,1-2H3;/q-2;;+2. The van der Waals surface area contributed by atoms with E-state index in [-0.39, 0.29) is 17.1 Å². The minimum Gasteiger partial charge on any atom is -0.357 e. The molecule has 215 valence electrons. The second-order valence-electron chi connectivity index (χ2n) is 10.4. The monoisotopic (exact) mass is 619 g/mol. The zero-order valence-electron chi connectivity index (χ0n) is 23.8. The minimum atomic E-state index is 0. The van der Waals surface area contributed by atoms with Crippen molar-refractivity contribution in [2.24, 2.45) is 0 Å². The molecule has 44 heavy (non-hydrogen) atoms. The van der Waals surface area contributed by atoms with E-state index in [1.54, 1.807) is 0 Å². The van der Waals surface area contributed by atoms with Gasteiger partial charge in [-0.2, -0.15) is 0 Å². The van der Waals surface area contributed by atoms with E-state index in [0.717, 1.165) is 43.8 Å². The Morgan fingerprint density at radius 2 is 0.614 bits per heavy atom. The van der Waals surface area contributed by atoms with Crippen LogP contribution in [0.25, 0.3) is 89.7 Å². The summed E-state index contributed by atoms with van der Waals surface area (Å²) in [5.74, 6) is 2.21. The van der Waals surface area contributed by atoms with Gasteiger partial charge in [0.05, 0.1) is 23.3 Å². The molecular weight excluding hydrogens is 596 g/mol. The van der Waals surface area contributed by atoms with E-state index in [9.17, 15) is 0 Å². The van der Waals surface area contributed by atoms with Crippen LogP contribution in [-0.4, -0.2) is 29.9 Å². The molecule has 5 heterocycles. The van der Waals surface area contributed by atoms with Gasteiger partial charge in [0.25, 0.3) is 0 Å². The maximum atomic E-state index is 4.95. The summed E-state index contributed by atoms with van der Waals surface area (Å²) in [7, 11) is 0. The average molecular weight is 620 g/mol. The number of rotatable bonds is 0. The number of hydrogen-bond acceptors (Lipinski definition) is 6. The van der Waals surface area contributed by atoms with Crippen LogP contribution in [0, 0.1) is 0 Å².